The number of aromatic nitrogens is 1. The summed E-state index contributed by atoms with van der Waals surface area (Å²) in [4.78, 5) is 10.8. The molecule has 0 bridgehead atoms. The molecular weight excluding hydrogens is 326 g/mol. The second-order valence-electron chi connectivity index (χ2n) is 6.25. The van der Waals surface area contributed by atoms with E-state index in [1.807, 2.05) is 0 Å². The van der Waals surface area contributed by atoms with Crippen LogP contribution in [0.1, 0.15) is 12.0 Å². The Hall–Kier alpha value is -0.810. The average molecular weight is 350 g/mol. The number of piperazine rings is 1. The molecule has 2 heterocycles. The summed E-state index contributed by atoms with van der Waals surface area (Å²) in [5.41, 5.74) is 2.16. The largest absolute Gasteiger partial charge is 0.304 e. The van der Waals surface area contributed by atoms with Crippen LogP contribution in [-0.4, -0.2) is 60.8 Å². The van der Waals surface area contributed by atoms with E-state index < -0.39 is 0 Å². The summed E-state index contributed by atoms with van der Waals surface area (Å²) in [5.74, 6) is 0. The van der Waals surface area contributed by atoms with Crippen molar-refractivity contribution in [2.24, 2.45) is 0 Å². The van der Waals surface area contributed by atoms with Gasteiger partial charge in [-0.15, -0.1) is 11.8 Å². The van der Waals surface area contributed by atoms with Crippen LogP contribution in [0.4, 0.5) is 0 Å². The molecule has 0 saturated carbocycles. The molecule has 1 saturated heterocycles. The minimum absolute atomic E-state index is 0.661. The third kappa shape index (κ3) is 4.38. The number of rotatable bonds is 5. The van der Waals surface area contributed by atoms with Crippen molar-refractivity contribution < 1.29 is 0 Å². The highest BCUT2D eigenvalue weighted by molar-refractivity contribution is 7.98. The Kier molecular flexibility index (Phi) is 5.81. The quantitative estimate of drug-likeness (QED) is 0.604. The van der Waals surface area contributed by atoms with Crippen LogP contribution < -0.4 is 0 Å². The molecule has 0 unspecified atom stereocenters. The highest BCUT2D eigenvalue weighted by Crippen LogP contribution is 2.25. The molecule has 1 aliphatic heterocycles. The van der Waals surface area contributed by atoms with E-state index in [1.54, 1.807) is 11.8 Å². The van der Waals surface area contributed by atoms with Crippen molar-refractivity contribution in [1.82, 2.24) is 14.8 Å². The molecule has 0 spiro atoms. The van der Waals surface area contributed by atoms with Crippen molar-refractivity contribution in [3.63, 3.8) is 0 Å². The molecule has 5 heteroatoms. The predicted octanol–water partition coefficient (Wildman–Crippen LogP) is 3.79. The Morgan fingerprint density at radius 1 is 1.17 bits per heavy atom. The molecular formula is C18H24ClN3S. The summed E-state index contributed by atoms with van der Waals surface area (Å²) in [6, 6.07) is 8.61. The summed E-state index contributed by atoms with van der Waals surface area (Å²) >= 11 is 8.13. The fraction of sp³-hybridized carbons (Fsp3) is 0.500. The van der Waals surface area contributed by atoms with Gasteiger partial charge in [-0.1, -0.05) is 17.7 Å². The minimum atomic E-state index is 0.661. The number of aryl methyl sites for hydroxylation is 1. The highest BCUT2D eigenvalue weighted by Gasteiger charge is 2.13. The maximum absolute atomic E-state index is 6.40. The van der Waals surface area contributed by atoms with Crippen LogP contribution >= 0.6 is 23.4 Å². The van der Waals surface area contributed by atoms with E-state index in [1.165, 1.54) is 42.0 Å². The van der Waals surface area contributed by atoms with Crippen molar-refractivity contribution in [2.75, 3.05) is 46.0 Å². The summed E-state index contributed by atoms with van der Waals surface area (Å²) in [6.07, 6.45) is 4.22. The number of nitrogens with zero attached hydrogens (tertiary/aromatic N) is 3. The van der Waals surface area contributed by atoms with Gasteiger partial charge in [0.05, 0.1) is 5.52 Å². The van der Waals surface area contributed by atoms with Crippen LogP contribution in [0.5, 0.6) is 0 Å². The Balaban J connectivity index is 1.62. The van der Waals surface area contributed by atoms with E-state index in [2.05, 4.69) is 52.4 Å². The van der Waals surface area contributed by atoms with Gasteiger partial charge in [0.1, 0.15) is 5.15 Å². The van der Waals surface area contributed by atoms with Gasteiger partial charge < -0.3 is 9.80 Å². The molecule has 1 aromatic heterocycles. The van der Waals surface area contributed by atoms with Crippen LogP contribution in [0.25, 0.3) is 10.9 Å². The highest BCUT2D eigenvalue weighted by atomic mass is 35.5. The fourth-order valence-corrected chi connectivity index (χ4v) is 3.71. The lowest BCUT2D eigenvalue weighted by molar-refractivity contribution is 0.153. The third-order valence-electron chi connectivity index (χ3n) is 4.57. The molecule has 0 radical (unpaired) electrons. The monoisotopic (exact) mass is 349 g/mol. The molecule has 1 aliphatic rings. The molecule has 23 heavy (non-hydrogen) atoms. The van der Waals surface area contributed by atoms with Crippen LogP contribution in [0.3, 0.4) is 0 Å². The fourth-order valence-electron chi connectivity index (χ4n) is 3.03. The van der Waals surface area contributed by atoms with E-state index in [0.717, 1.165) is 24.9 Å². The number of benzene rings is 1. The molecule has 1 fully saturated rings. The van der Waals surface area contributed by atoms with E-state index in [4.69, 9.17) is 11.6 Å². The Morgan fingerprint density at radius 2 is 1.96 bits per heavy atom. The minimum Gasteiger partial charge on any atom is -0.304 e. The van der Waals surface area contributed by atoms with Crippen LogP contribution in [0, 0.1) is 0 Å². The van der Waals surface area contributed by atoms with Crippen LogP contribution in [0.15, 0.2) is 29.2 Å². The predicted molar refractivity (Wildman–Crippen MR) is 101 cm³/mol. The maximum Gasteiger partial charge on any atom is 0.132 e. The van der Waals surface area contributed by atoms with Crippen molar-refractivity contribution in [3.05, 3.63) is 35.0 Å². The zero-order chi connectivity index (χ0) is 16.2. The number of hydrogen-bond acceptors (Lipinski definition) is 4. The maximum atomic E-state index is 6.40. The van der Waals surface area contributed by atoms with Gasteiger partial charge in [-0.25, -0.2) is 4.98 Å². The molecule has 0 aliphatic carbocycles. The lowest BCUT2D eigenvalue weighted by Gasteiger charge is -2.32. The van der Waals surface area contributed by atoms with Gasteiger partial charge in [-0.3, -0.25) is 0 Å². The zero-order valence-corrected chi connectivity index (χ0v) is 15.5. The molecule has 3 rings (SSSR count). The zero-order valence-electron chi connectivity index (χ0n) is 13.9. The average Bonchev–Trinajstić information content (AvgIpc) is 2.56. The molecule has 1 aromatic carbocycles. The van der Waals surface area contributed by atoms with Gasteiger partial charge in [0, 0.05) is 36.5 Å². The molecule has 3 nitrogen and oxygen atoms in total. The number of halogens is 1. The Labute approximate surface area is 148 Å². The van der Waals surface area contributed by atoms with Crippen molar-refractivity contribution >= 4 is 34.3 Å². The Morgan fingerprint density at radius 3 is 2.70 bits per heavy atom. The first kappa shape index (κ1) is 17.0. The van der Waals surface area contributed by atoms with Crippen LogP contribution in [-0.2, 0) is 6.42 Å². The first-order valence-corrected chi connectivity index (χ1v) is 9.80. The number of likely N-dealkylation sites (N-methyl/N-ethyl adjacent to an activating group) is 1. The smallest absolute Gasteiger partial charge is 0.132 e. The molecule has 2 aromatic rings. The van der Waals surface area contributed by atoms with Crippen molar-refractivity contribution in [2.45, 2.75) is 17.7 Å². The van der Waals surface area contributed by atoms with Gasteiger partial charge in [-0.05, 0) is 56.5 Å². The summed E-state index contributed by atoms with van der Waals surface area (Å²) in [5, 5.41) is 1.84. The standard InChI is InChI=1S/C18H24ClN3S/c1-21-8-10-22(11-9-21)7-3-4-15-12-14-5-6-16(23-2)13-17(14)20-18(15)19/h5-6,12-13H,3-4,7-11H2,1-2H3. The molecule has 0 atom stereocenters. The Bertz CT molecular complexity index is 669. The summed E-state index contributed by atoms with van der Waals surface area (Å²) in [6.45, 7) is 5.86. The third-order valence-corrected chi connectivity index (χ3v) is 5.62. The lowest BCUT2D eigenvalue weighted by Crippen LogP contribution is -2.44. The normalized spacial score (nSPS) is 17.0. The van der Waals surface area contributed by atoms with Gasteiger partial charge in [-0.2, -0.15) is 0 Å². The van der Waals surface area contributed by atoms with E-state index >= 15 is 0 Å². The first-order valence-electron chi connectivity index (χ1n) is 8.20. The summed E-state index contributed by atoms with van der Waals surface area (Å²) in [7, 11) is 2.19. The van der Waals surface area contributed by atoms with E-state index in [0.29, 0.717) is 5.15 Å². The molecule has 0 amide bonds. The lowest BCUT2D eigenvalue weighted by atomic mass is 10.1. The number of thioether (sulfide) groups is 1. The van der Waals surface area contributed by atoms with Gasteiger partial charge in [0.25, 0.3) is 0 Å². The number of hydrogen-bond donors (Lipinski definition) is 0. The topological polar surface area (TPSA) is 19.4 Å². The number of fused-ring (bicyclic) bond motifs is 1. The van der Waals surface area contributed by atoms with E-state index in [9.17, 15) is 0 Å². The summed E-state index contributed by atoms with van der Waals surface area (Å²) < 4.78 is 0. The van der Waals surface area contributed by atoms with Gasteiger partial charge >= 0.3 is 0 Å². The van der Waals surface area contributed by atoms with E-state index in [-0.39, 0.29) is 0 Å². The second-order valence-corrected chi connectivity index (χ2v) is 7.48. The van der Waals surface area contributed by atoms with Crippen LogP contribution in [0.2, 0.25) is 5.15 Å². The van der Waals surface area contributed by atoms with Crippen molar-refractivity contribution in [3.8, 4) is 0 Å². The van der Waals surface area contributed by atoms with Gasteiger partial charge in [0.15, 0.2) is 0 Å². The number of pyridine rings is 1. The molecule has 124 valence electrons. The van der Waals surface area contributed by atoms with Crippen molar-refractivity contribution in [1.29, 1.82) is 0 Å². The van der Waals surface area contributed by atoms with Gasteiger partial charge in [0.2, 0.25) is 0 Å². The first-order chi connectivity index (χ1) is 11.2. The SMILES string of the molecule is CSc1ccc2cc(CCCN3CCN(C)CC3)c(Cl)nc2c1. The second kappa shape index (κ2) is 7.84. The molecule has 0 N–H and O–H groups in total.